The van der Waals surface area contributed by atoms with Gasteiger partial charge in [-0.2, -0.15) is 24.9 Å². The van der Waals surface area contributed by atoms with Gasteiger partial charge in [-0.1, -0.05) is 11.8 Å². The number of thioether (sulfide) groups is 1. The third-order valence-electron chi connectivity index (χ3n) is 3.61. The molecule has 1 atom stereocenters. The fraction of sp³-hybridized carbons (Fsp3) is 0.500. The maximum Gasteiger partial charge on any atom is 0.416 e. The largest absolute Gasteiger partial charge is 0.416 e. The van der Waals surface area contributed by atoms with Crippen molar-refractivity contribution in [2.75, 3.05) is 25.4 Å². The van der Waals surface area contributed by atoms with Crippen LogP contribution in [0.15, 0.2) is 29.3 Å². The smallest absolute Gasteiger partial charge is 0.357 e. The average Bonchev–Trinajstić information content (AvgIpc) is 3.09. The SMILES string of the molecule is CCNC(=NCC1CCCS1)NCC#Cc1ccc(C(F)(F)F)cc1. The van der Waals surface area contributed by atoms with E-state index in [1.807, 2.05) is 18.7 Å². The number of benzene rings is 1. The Labute approximate surface area is 150 Å². The van der Waals surface area contributed by atoms with Gasteiger partial charge >= 0.3 is 6.18 Å². The first kappa shape index (κ1) is 19.5. The number of halogens is 3. The molecule has 0 aromatic heterocycles. The number of hydrogen-bond acceptors (Lipinski definition) is 2. The molecule has 1 aromatic carbocycles. The van der Waals surface area contributed by atoms with Crippen molar-refractivity contribution in [3.63, 3.8) is 0 Å². The van der Waals surface area contributed by atoms with Gasteiger partial charge in [0.2, 0.25) is 0 Å². The number of hydrogen-bond donors (Lipinski definition) is 2. The summed E-state index contributed by atoms with van der Waals surface area (Å²) >= 11 is 1.96. The second-order valence-corrected chi connectivity index (χ2v) is 6.99. The third-order valence-corrected chi connectivity index (χ3v) is 4.99. The van der Waals surface area contributed by atoms with Crippen LogP contribution in [0.4, 0.5) is 13.2 Å². The summed E-state index contributed by atoms with van der Waals surface area (Å²) in [6.07, 6.45) is -1.85. The summed E-state index contributed by atoms with van der Waals surface area (Å²) in [6.45, 7) is 3.92. The van der Waals surface area contributed by atoms with Gasteiger partial charge < -0.3 is 10.6 Å². The minimum absolute atomic E-state index is 0.380. The highest BCUT2D eigenvalue weighted by Crippen LogP contribution is 2.29. The third kappa shape index (κ3) is 6.91. The van der Waals surface area contributed by atoms with Crippen LogP contribution in [0, 0.1) is 11.8 Å². The molecule has 1 unspecified atom stereocenters. The zero-order valence-corrected chi connectivity index (χ0v) is 14.9. The van der Waals surface area contributed by atoms with E-state index in [1.54, 1.807) is 0 Å². The number of guanidine groups is 1. The van der Waals surface area contributed by atoms with Gasteiger partial charge in [-0.3, -0.25) is 4.99 Å². The summed E-state index contributed by atoms with van der Waals surface area (Å²) in [7, 11) is 0. The average molecular weight is 369 g/mol. The normalized spacial score (nSPS) is 17.8. The van der Waals surface area contributed by atoms with Gasteiger partial charge in [-0.25, -0.2) is 0 Å². The number of alkyl halides is 3. The first-order valence-corrected chi connectivity index (χ1v) is 9.34. The van der Waals surface area contributed by atoms with E-state index >= 15 is 0 Å². The maximum absolute atomic E-state index is 12.5. The lowest BCUT2D eigenvalue weighted by molar-refractivity contribution is -0.137. The zero-order valence-electron chi connectivity index (χ0n) is 14.1. The van der Waals surface area contributed by atoms with E-state index in [2.05, 4.69) is 27.5 Å². The van der Waals surface area contributed by atoms with Crippen LogP contribution in [-0.2, 0) is 6.18 Å². The molecule has 2 rings (SSSR count). The highest BCUT2D eigenvalue weighted by molar-refractivity contribution is 8.00. The molecule has 0 spiro atoms. The molecule has 7 heteroatoms. The second-order valence-electron chi connectivity index (χ2n) is 5.59. The Kier molecular flexibility index (Phi) is 7.51. The molecule has 0 radical (unpaired) electrons. The molecule has 1 heterocycles. The van der Waals surface area contributed by atoms with Crippen LogP contribution in [0.5, 0.6) is 0 Å². The van der Waals surface area contributed by atoms with Gasteiger partial charge in [0.15, 0.2) is 5.96 Å². The molecule has 0 amide bonds. The van der Waals surface area contributed by atoms with E-state index in [-0.39, 0.29) is 0 Å². The predicted molar refractivity (Wildman–Crippen MR) is 97.8 cm³/mol. The monoisotopic (exact) mass is 369 g/mol. The first-order valence-electron chi connectivity index (χ1n) is 8.29. The number of nitrogens with zero attached hydrogens (tertiary/aromatic N) is 1. The van der Waals surface area contributed by atoms with Crippen molar-refractivity contribution in [1.82, 2.24) is 10.6 Å². The van der Waals surface area contributed by atoms with Gasteiger partial charge in [-0.05, 0) is 49.8 Å². The summed E-state index contributed by atoms with van der Waals surface area (Å²) in [6, 6.07) is 4.85. The quantitative estimate of drug-likeness (QED) is 0.484. The van der Waals surface area contributed by atoms with Crippen LogP contribution in [0.3, 0.4) is 0 Å². The minimum atomic E-state index is -4.32. The number of nitrogens with one attached hydrogen (secondary N) is 2. The van der Waals surface area contributed by atoms with E-state index < -0.39 is 11.7 Å². The molecule has 25 heavy (non-hydrogen) atoms. The van der Waals surface area contributed by atoms with Gasteiger partial charge in [0, 0.05) is 17.4 Å². The Morgan fingerprint density at radius 2 is 2.04 bits per heavy atom. The van der Waals surface area contributed by atoms with Gasteiger partial charge in [0.1, 0.15) is 0 Å². The maximum atomic E-state index is 12.5. The molecule has 0 bridgehead atoms. The fourth-order valence-electron chi connectivity index (χ4n) is 2.34. The summed E-state index contributed by atoms with van der Waals surface area (Å²) in [5.74, 6) is 7.69. The topological polar surface area (TPSA) is 36.4 Å². The summed E-state index contributed by atoms with van der Waals surface area (Å²) in [4.78, 5) is 4.56. The Balaban J connectivity index is 1.84. The van der Waals surface area contributed by atoms with E-state index in [4.69, 9.17) is 0 Å². The van der Waals surface area contributed by atoms with Gasteiger partial charge in [-0.15, -0.1) is 0 Å². The van der Waals surface area contributed by atoms with Crippen LogP contribution < -0.4 is 10.6 Å². The van der Waals surface area contributed by atoms with Crippen LogP contribution in [-0.4, -0.2) is 36.6 Å². The summed E-state index contributed by atoms with van der Waals surface area (Å²) < 4.78 is 37.5. The van der Waals surface area contributed by atoms with Crippen LogP contribution in [0.25, 0.3) is 0 Å². The van der Waals surface area contributed by atoms with E-state index in [0.717, 1.165) is 31.2 Å². The van der Waals surface area contributed by atoms with Gasteiger partial charge in [0.25, 0.3) is 0 Å². The lowest BCUT2D eigenvalue weighted by Crippen LogP contribution is -2.37. The minimum Gasteiger partial charge on any atom is -0.357 e. The molecule has 1 aliphatic rings. The predicted octanol–water partition coefficient (Wildman–Crippen LogP) is 3.51. The van der Waals surface area contributed by atoms with Crippen LogP contribution in [0.2, 0.25) is 0 Å². The van der Waals surface area contributed by atoms with Crippen molar-refractivity contribution >= 4 is 17.7 Å². The lowest BCUT2D eigenvalue weighted by atomic mass is 10.1. The summed E-state index contributed by atoms with van der Waals surface area (Å²) in [5.41, 5.74) is -0.110. The Bertz CT molecular complexity index is 624. The number of rotatable bonds is 4. The van der Waals surface area contributed by atoms with Crippen molar-refractivity contribution in [2.45, 2.75) is 31.2 Å². The van der Waals surface area contributed by atoms with E-state index in [1.165, 1.54) is 30.7 Å². The molecule has 1 fully saturated rings. The lowest BCUT2D eigenvalue weighted by Gasteiger charge is -2.10. The molecular weight excluding hydrogens is 347 g/mol. The zero-order chi connectivity index (χ0) is 18.1. The van der Waals surface area contributed by atoms with Crippen LogP contribution in [0.1, 0.15) is 30.9 Å². The van der Waals surface area contributed by atoms with Crippen molar-refractivity contribution in [2.24, 2.45) is 4.99 Å². The molecule has 0 saturated carbocycles. The molecule has 2 N–H and O–H groups in total. The molecular formula is C18H22F3N3S. The molecule has 0 aliphatic carbocycles. The van der Waals surface area contributed by atoms with Crippen molar-refractivity contribution in [1.29, 1.82) is 0 Å². The Morgan fingerprint density at radius 1 is 1.28 bits per heavy atom. The van der Waals surface area contributed by atoms with Crippen molar-refractivity contribution in [3.05, 3.63) is 35.4 Å². The van der Waals surface area contributed by atoms with E-state index in [0.29, 0.717) is 17.4 Å². The number of aliphatic imine (C=N–C) groups is 1. The fourth-order valence-corrected chi connectivity index (χ4v) is 3.52. The standard InChI is InChI=1S/C18H22F3N3S/c1-2-22-17(24-13-16-6-4-12-25-16)23-11-3-5-14-7-9-15(10-8-14)18(19,20)21/h7-10,16H,2,4,6,11-13H2,1H3,(H2,22,23,24). The van der Waals surface area contributed by atoms with Crippen LogP contribution >= 0.6 is 11.8 Å². The summed E-state index contributed by atoms with van der Waals surface area (Å²) in [5, 5.41) is 6.88. The first-order chi connectivity index (χ1) is 12.0. The second kappa shape index (κ2) is 9.62. The molecule has 1 aromatic rings. The molecule has 3 nitrogen and oxygen atoms in total. The Hall–Kier alpha value is -1.81. The molecule has 1 saturated heterocycles. The molecule has 1 aliphatic heterocycles. The van der Waals surface area contributed by atoms with Crippen molar-refractivity contribution in [3.8, 4) is 11.8 Å². The highest BCUT2D eigenvalue weighted by atomic mass is 32.2. The molecule has 136 valence electrons. The van der Waals surface area contributed by atoms with Gasteiger partial charge in [0.05, 0.1) is 18.7 Å². The van der Waals surface area contributed by atoms with Crippen molar-refractivity contribution < 1.29 is 13.2 Å². The highest BCUT2D eigenvalue weighted by Gasteiger charge is 2.29. The Morgan fingerprint density at radius 3 is 2.64 bits per heavy atom. The van der Waals surface area contributed by atoms with E-state index in [9.17, 15) is 13.2 Å².